The number of nitrogens with one attached hydrogen (secondary N) is 1. The normalized spacial score (nSPS) is 12.5. The largest absolute Gasteiger partial charge is 0.495 e. The number of hydrogen-bond donors (Lipinski definition) is 1. The molecule has 0 aliphatic rings. The van der Waals surface area contributed by atoms with Crippen LogP contribution in [0.5, 0.6) is 5.75 Å². The lowest BCUT2D eigenvalue weighted by molar-refractivity contribution is -0.117. The maximum absolute atomic E-state index is 13.2. The third-order valence-electron chi connectivity index (χ3n) is 5.47. The van der Waals surface area contributed by atoms with Gasteiger partial charge in [-0.2, -0.15) is 4.31 Å². The Bertz CT molecular complexity index is 1220. The molecule has 9 heteroatoms. The first-order chi connectivity index (χ1) is 15.7. The van der Waals surface area contributed by atoms with Crippen LogP contribution >= 0.6 is 11.3 Å². The van der Waals surface area contributed by atoms with Gasteiger partial charge in [0.25, 0.3) is 0 Å². The molecule has 176 valence electrons. The zero-order chi connectivity index (χ0) is 24.2. The lowest BCUT2D eigenvalue weighted by Crippen LogP contribution is -2.30. The second-order valence-electron chi connectivity index (χ2n) is 7.51. The van der Waals surface area contributed by atoms with E-state index in [0.29, 0.717) is 29.5 Å². The summed E-state index contributed by atoms with van der Waals surface area (Å²) >= 11 is 1.31. The SMILES string of the molecule is CCN(CC)S(=O)(=O)c1cc(-c2sc(NC(=O)[C@H](C)c3ccccc3)nc2C)ccc1OC. The number of sulfonamides is 1. The molecule has 1 atom stereocenters. The van der Waals surface area contributed by atoms with E-state index in [1.165, 1.54) is 22.8 Å². The average Bonchev–Trinajstić information content (AvgIpc) is 3.18. The lowest BCUT2D eigenvalue weighted by atomic mass is 10.0. The van der Waals surface area contributed by atoms with E-state index in [2.05, 4.69) is 10.3 Å². The summed E-state index contributed by atoms with van der Waals surface area (Å²) in [6, 6.07) is 14.6. The number of aryl methyl sites for hydroxylation is 1. The molecule has 1 heterocycles. The van der Waals surface area contributed by atoms with Crippen LogP contribution in [0.4, 0.5) is 5.13 Å². The zero-order valence-corrected chi connectivity index (χ0v) is 21.1. The maximum Gasteiger partial charge on any atom is 0.246 e. The predicted molar refractivity (Wildman–Crippen MR) is 132 cm³/mol. The van der Waals surface area contributed by atoms with Gasteiger partial charge < -0.3 is 10.1 Å². The molecule has 1 N–H and O–H groups in total. The first-order valence-electron chi connectivity index (χ1n) is 10.7. The van der Waals surface area contributed by atoms with Gasteiger partial charge in [-0.3, -0.25) is 4.79 Å². The van der Waals surface area contributed by atoms with Crippen LogP contribution in [0.3, 0.4) is 0 Å². The quantitative estimate of drug-likeness (QED) is 0.464. The van der Waals surface area contributed by atoms with Crippen molar-refractivity contribution in [2.45, 2.75) is 38.5 Å². The minimum absolute atomic E-state index is 0.113. The van der Waals surface area contributed by atoms with Crippen LogP contribution < -0.4 is 10.1 Å². The monoisotopic (exact) mass is 487 g/mol. The van der Waals surface area contributed by atoms with Crippen molar-refractivity contribution in [1.29, 1.82) is 0 Å². The van der Waals surface area contributed by atoms with E-state index in [9.17, 15) is 13.2 Å². The topological polar surface area (TPSA) is 88.6 Å². The fraction of sp³-hybridized carbons (Fsp3) is 0.333. The highest BCUT2D eigenvalue weighted by molar-refractivity contribution is 7.89. The standard InChI is InChI=1S/C24H29N3O4S2/c1-6-27(7-2)33(29,30)21-15-19(13-14-20(21)31-5)22-17(4)25-24(32-22)26-23(28)16(3)18-11-9-8-10-12-18/h8-16H,6-7H2,1-5H3,(H,25,26,28)/t16-/m1/s1. The molecule has 0 radical (unpaired) electrons. The van der Waals surface area contributed by atoms with Gasteiger partial charge in [0, 0.05) is 13.1 Å². The van der Waals surface area contributed by atoms with Gasteiger partial charge in [-0.15, -0.1) is 0 Å². The molecule has 0 aliphatic carbocycles. The number of methoxy groups -OCH3 is 1. The van der Waals surface area contributed by atoms with Crippen molar-refractivity contribution in [2.24, 2.45) is 0 Å². The number of amides is 1. The first-order valence-corrected chi connectivity index (χ1v) is 13.0. The number of carbonyl (C=O) groups excluding carboxylic acids is 1. The third kappa shape index (κ3) is 5.26. The molecule has 2 aromatic carbocycles. The van der Waals surface area contributed by atoms with Gasteiger partial charge in [-0.1, -0.05) is 55.5 Å². The van der Waals surface area contributed by atoms with Gasteiger partial charge >= 0.3 is 0 Å². The van der Waals surface area contributed by atoms with E-state index in [1.807, 2.05) is 44.2 Å². The number of thiazole rings is 1. The van der Waals surface area contributed by atoms with E-state index in [0.717, 1.165) is 10.4 Å². The summed E-state index contributed by atoms with van der Waals surface area (Å²) in [6.07, 6.45) is 0. The number of benzene rings is 2. The highest BCUT2D eigenvalue weighted by atomic mass is 32.2. The van der Waals surface area contributed by atoms with Crippen LogP contribution in [0.2, 0.25) is 0 Å². The van der Waals surface area contributed by atoms with Gasteiger partial charge in [0.05, 0.1) is 23.6 Å². The van der Waals surface area contributed by atoms with Crippen LogP contribution in [-0.2, 0) is 14.8 Å². The van der Waals surface area contributed by atoms with Gasteiger partial charge in [0.1, 0.15) is 10.6 Å². The Morgan fingerprint density at radius 3 is 2.42 bits per heavy atom. The Labute approximate surface area is 199 Å². The highest BCUT2D eigenvalue weighted by Gasteiger charge is 2.27. The molecule has 3 rings (SSSR count). The molecule has 0 saturated heterocycles. The summed E-state index contributed by atoms with van der Waals surface area (Å²) in [4.78, 5) is 18.1. The van der Waals surface area contributed by atoms with Crippen LogP contribution in [0.25, 0.3) is 10.4 Å². The summed E-state index contributed by atoms with van der Waals surface area (Å²) in [5.41, 5.74) is 2.33. The van der Waals surface area contributed by atoms with Crippen molar-refractivity contribution in [2.75, 3.05) is 25.5 Å². The van der Waals surface area contributed by atoms with Crippen molar-refractivity contribution in [3.8, 4) is 16.2 Å². The molecule has 0 unspecified atom stereocenters. The molecule has 1 aromatic heterocycles. The third-order valence-corrected chi connectivity index (χ3v) is 8.66. The molecule has 0 aliphatic heterocycles. The predicted octanol–water partition coefficient (Wildman–Crippen LogP) is 4.90. The molecule has 1 amide bonds. The van der Waals surface area contributed by atoms with E-state index < -0.39 is 10.0 Å². The number of nitrogens with zero attached hydrogens (tertiary/aromatic N) is 2. The summed E-state index contributed by atoms with van der Waals surface area (Å²) in [7, 11) is -2.26. The van der Waals surface area contributed by atoms with Gasteiger partial charge in [-0.05, 0) is 43.2 Å². The molecular weight excluding hydrogens is 458 g/mol. The van der Waals surface area contributed by atoms with Crippen molar-refractivity contribution in [3.05, 3.63) is 59.8 Å². The molecule has 7 nitrogen and oxygen atoms in total. The molecular formula is C24H29N3O4S2. The van der Waals surface area contributed by atoms with Crippen LogP contribution in [0.15, 0.2) is 53.4 Å². The lowest BCUT2D eigenvalue weighted by Gasteiger charge is -2.20. The Balaban J connectivity index is 1.93. The summed E-state index contributed by atoms with van der Waals surface area (Å²) in [5, 5.41) is 3.36. The maximum atomic E-state index is 13.2. The van der Waals surface area contributed by atoms with E-state index in [4.69, 9.17) is 4.74 Å². The van der Waals surface area contributed by atoms with Crippen LogP contribution in [0.1, 0.15) is 37.9 Å². The second-order valence-corrected chi connectivity index (χ2v) is 10.4. The van der Waals surface area contributed by atoms with Gasteiger partial charge in [0.15, 0.2) is 5.13 Å². The van der Waals surface area contributed by atoms with Crippen molar-refractivity contribution >= 4 is 32.4 Å². The van der Waals surface area contributed by atoms with Gasteiger partial charge in [-0.25, -0.2) is 13.4 Å². The van der Waals surface area contributed by atoms with Crippen molar-refractivity contribution in [3.63, 3.8) is 0 Å². The number of anilines is 1. The molecule has 33 heavy (non-hydrogen) atoms. The fourth-order valence-electron chi connectivity index (χ4n) is 3.55. The Morgan fingerprint density at radius 1 is 1.15 bits per heavy atom. The Hall–Kier alpha value is -2.75. The van der Waals surface area contributed by atoms with Crippen molar-refractivity contribution in [1.82, 2.24) is 9.29 Å². The Morgan fingerprint density at radius 2 is 1.82 bits per heavy atom. The molecule has 0 fully saturated rings. The molecule has 3 aromatic rings. The molecule has 0 spiro atoms. The van der Waals surface area contributed by atoms with Crippen molar-refractivity contribution < 1.29 is 17.9 Å². The molecule has 0 bridgehead atoms. The minimum Gasteiger partial charge on any atom is -0.495 e. The zero-order valence-electron chi connectivity index (χ0n) is 19.5. The number of aromatic nitrogens is 1. The fourth-order valence-corrected chi connectivity index (χ4v) is 6.15. The smallest absolute Gasteiger partial charge is 0.246 e. The number of ether oxygens (including phenoxy) is 1. The van der Waals surface area contributed by atoms with E-state index in [-0.39, 0.29) is 22.5 Å². The molecule has 0 saturated carbocycles. The first kappa shape index (κ1) is 24.9. The summed E-state index contributed by atoms with van der Waals surface area (Å²) < 4.78 is 33.1. The Kier molecular flexibility index (Phi) is 7.88. The van der Waals surface area contributed by atoms with E-state index >= 15 is 0 Å². The average molecular weight is 488 g/mol. The number of rotatable bonds is 9. The summed E-state index contributed by atoms with van der Waals surface area (Å²) in [5.74, 6) is -0.190. The summed E-state index contributed by atoms with van der Waals surface area (Å²) in [6.45, 7) is 8.01. The van der Waals surface area contributed by atoms with E-state index in [1.54, 1.807) is 32.0 Å². The minimum atomic E-state index is -3.72. The van der Waals surface area contributed by atoms with Crippen LogP contribution in [0, 0.1) is 6.92 Å². The van der Waals surface area contributed by atoms with Crippen LogP contribution in [-0.4, -0.2) is 43.8 Å². The highest BCUT2D eigenvalue weighted by Crippen LogP contribution is 2.37. The number of hydrogen-bond acceptors (Lipinski definition) is 6. The second kappa shape index (κ2) is 10.5. The van der Waals surface area contributed by atoms with Gasteiger partial charge in [0.2, 0.25) is 15.9 Å². The number of carbonyl (C=O) groups is 1.